The van der Waals surface area contributed by atoms with Gasteiger partial charge in [-0.1, -0.05) is 5.11 Å². The van der Waals surface area contributed by atoms with E-state index in [-0.39, 0.29) is 62.6 Å². The minimum Gasteiger partial charge on any atom is -0.483 e. The van der Waals surface area contributed by atoms with E-state index in [4.69, 9.17) is 19.7 Å². The lowest BCUT2D eigenvalue weighted by atomic mass is 10.1. The van der Waals surface area contributed by atoms with E-state index < -0.39 is 46.0 Å². The van der Waals surface area contributed by atoms with Crippen LogP contribution in [0.15, 0.2) is 17.2 Å². The number of nitro benzene ring substituents is 1. The predicted molar refractivity (Wildman–Crippen MR) is 155 cm³/mol. The molecule has 1 heterocycles. The van der Waals surface area contributed by atoms with Crippen molar-refractivity contribution in [1.82, 2.24) is 10.6 Å². The molecule has 0 aromatic heterocycles. The number of anilines is 1. The zero-order valence-electron chi connectivity index (χ0n) is 25.3. The van der Waals surface area contributed by atoms with E-state index in [1.54, 1.807) is 41.5 Å². The molecular formula is C27H39N7O9. The molecular weight excluding hydrogens is 566 g/mol. The van der Waals surface area contributed by atoms with Crippen LogP contribution in [0.25, 0.3) is 10.4 Å². The number of carbonyl (C=O) groups excluding carboxylic acids is 4. The molecule has 0 bridgehead atoms. The first-order chi connectivity index (χ1) is 20.0. The Bertz CT molecular complexity index is 1260. The fraction of sp³-hybridized carbons (Fsp3) is 0.630. The number of alkyl carbamates (subject to hydrolysis) is 1. The Kier molecular flexibility index (Phi) is 12.1. The Balaban J connectivity index is 2.17. The number of amides is 3. The van der Waals surface area contributed by atoms with E-state index in [1.807, 2.05) is 0 Å². The predicted octanol–water partition coefficient (Wildman–Crippen LogP) is 3.69. The van der Waals surface area contributed by atoms with Crippen molar-refractivity contribution in [2.45, 2.75) is 84.5 Å². The van der Waals surface area contributed by atoms with Gasteiger partial charge >= 0.3 is 12.1 Å². The van der Waals surface area contributed by atoms with E-state index in [0.717, 1.165) is 0 Å². The van der Waals surface area contributed by atoms with Crippen LogP contribution in [0.1, 0.15) is 66.4 Å². The highest BCUT2D eigenvalue weighted by Crippen LogP contribution is 2.42. The van der Waals surface area contributed by atoms with Gasteiger partial charge in [0.25, 0.3) is 11.6 Å². The maximum atomic E-state index is 13.4. The van der Waals surface area contributed by atoms with Gasteiger partial charge in [0, 0.05) is 42.6 Å². The van der Waals surface area contributed by atoms with Crippen molar-refractivity contribution in [3.05, 3.63) is 38.3 Å². The highest BCUT2D eigenvalue weighted by Gasteiger charge is 2.36. The van der Waals surface area contributed by atoms with Crippen LogP contribution in [0.3, 0.4) is 0 Å². The second kappa shape index (κ2) is 15.0. The van der Waals surface area contributed by atoms with Gasteiger partial charge in [0.15, 0.2) is 6.61 Å². The number of rotatable bonds is 13. The summed E-state index contributed by atoms with van der Waals surface area (Å²) >= 11 is 0. The normalized spacial score (nSPS) is 13.2. The summed E-state index contributed by atoms with van der Waals surface area (Å²) in [6.45, 7) is 10.2. The Hall–Kier alpha value is -4.59. The van der Waals surface area contributed by atoms with Crippen LogP contribution in [0, 0.1) is 10.1 Å². The van der Waals surface area contributed by atoms with Gasteiger partial charge in [-0.3, -0.25) is 19.7 Å². The first-order valence-electron chi connectivity index (χ1n) is 13.8. The van der Waals surface area contributed by atoms with Crippen molar-refractivity contribution in [3.63, 3.8) is 0 Å². The number of nitro groups is 1. The number of azide groups is 1. The van der Waals surface area contributed by atoms with Crippen LogP contribution >= 0.6 is 0 Å². The van der Waals surface area contributed by atoms with E-state index in [2.05, 4.69) is 20.7 Å². The maximum Gasteiger partial charge on any atom is 0.408 e. The monoisotopic (exact) mass is 605 g/mol. The molecule has 1 aliphatic heterocycles. The summed E-state index contributed by atoms with van der Waals surface area (Å²) in [4.78, 5) is 65.8. The fourth-order valence-electron chi connectivity index (χ4n) is 4.11. The van der Waals surface area contributed by atoms with E-state index in [9.17, 15) is 29.3 Å². The van der Waals surface area contributed by atoms with Crippen LogP contribution in [0.5, 0.6) is 5.75 Å². The minimum absolute atomic E-state index is 0.0520. The van der Waals surface area contributed by atoms with Crippen molar-refractivity contribution in [2.75, 3.05) is 31.1 Å². The van der Waals surface area contributed by atoms with Crippen molar-refractivity contribution in [1.29, 1.82) is 0 Å². The van der Waals surface area contributed by atoms with Crippen molar-refractivity contribution >= 4 is 35.3 Å². The molecule has 0 saturated heterocycles. The molecule has 1 aromatic rings. The Morgan fingerprint density at radius 3 is 2.42 bits per heavy atom. The second-order valence-corrected chi connectivity index (χ2v) is 11.7. The number of benzene rings is 1. The van der Waals surface area contributed by atoms with Crippen molar-refractivity contribution in [3.8, 4) is 5.75 Å². The summed E-state index contributed by atoms with van der Waals surface area (Å²) in [6.07, 6.45) is -0.582. The summed E-state index contributed by atoms with van der Waals surface area (Å²) in [6, 6.07) is 1.36. The lowest BCUT2D eigenvalue weighted by Crippen LogP contribution is -2.46. The molecule has 1 aliphatic rings. The van der Waals surface area contributed by atoms with Crippen LogP contribution < -0.4 is 20.3 Å². The number of carbonyl (C=O) groups is 4. The Labute approximate surface area is 249 Å². The summed E-state index contributed by atoms with van der Waals surface area (Å²) in [7, 11) is 0. The molecule has 0 unspecified atom stereocenters. The molecule has 0 saturated carbocycles. The molecule has 2 N–H and O–H groups in total. The molecule has 43 heavy (non-hydrogen) atoms. The highest BCUT2D eigenvalue weighted by molar-refractivity contribution is 5.99. The van der Waals surface area contributed by atoms with Gasteiger partial charge in [-0.05, 0) is 72.4 Å². The molecule has 236 valence electrons. The number of nitrogens with zero attached hydrogens (tertiary/aromatic N) is 5. The molecule has 1 atom stereocenters. The van der Waals surface area contributed by atoms with Crippen molar-refractivity contribution in [2.24, 2.45) is 5.11 Å². The number of fused-ring (bicyclic) bond motifs is 1. The quantitative estimate of drug-likeness (QED) is 0.0636. The molecule has 2 rings (SSSR count). The second-order valence-electron chi connectivity index (χ2n) is 11.7. The van der Waals surface area contributed by atoms with Gasteiger partial charge in [0.1, 0.15) is 28.7 Å². The number of hydrogen-bond donors (Lipinski definition) is 2. The van der Waals surface area contributed by atoms with E-state index in [0.29, 0.717) is 12.0 Å². The van der Waals surface area contributed by atoms with Crippen LogP contribution in [-0.4, -0.2) is 72.3 Å². The average Bonchev–Trinajstić information content (AvgIpc) is 3.32. The largest absolute Gasteiger partial charge is 0.483 e. The standard InChI is InChI=1S/C27H39N7O9/c1-26(2,3)42-24(37)18(31-25(38)43-27(4,5)6)8-11-22(36)33-15-12-17-20(10-9-19(23(17)33)34(39)40)41-16-21(35)29-13-7-14-30-32-28/h9-10,18H,7-8,11-16H2,1-6H3,(H,29,35)(H,31,38)/t18-/m0/s1. The highest BCUT2D eigenvalue weighted by atomic mass is 16.6. The smallest absolute Gasteiger partial charge is 0.408 e. The third-order valence-corrected chi connectivity index (χ3v) is 5.78. The molecule has 1 aromatic carbocycles. The van der Waals surface area contributed by atoms with Gasteiger partial charge in [-0.15, -0.1) is 0 Å². The van der Waals surface area contributed by atoms with E-state index >= 15 is 0 Å². The number of ether oxygens (including phenoxy) is 3. The molecule has 16 heteroatoms. The molecule has 0 radical (unpaired) electrons. The van der Waals surface area contributed by atoms with Crippen LogP contribution in [0.2, 0.25) is 0 Å². The zero-order valence-corrected chi connectivity index (χ0v) is 25.3. The molecule has 0 aliphatic carbocycles. The van der Waals surface area contributed by atoms with Crippen molar-refractivity contribution < 1.29 is 38.3 Å². The summed E-state index contributed by atoms with van der Waals surface area (Å²) < 4.78 is 16.3. The fourth-order valence-corrected chi connectivity index (χ4v) is 4.11. The van der Waals surface area contributed by atoms with Gasteiger partial charge < -0.3 is 29.7 Å². The van der Waals surface area contributed by atoms with Gasteiger partial charge in [0.05, 0.1) is 4.92 Å². The van der Waals surface area contributed by atoms with Crippen LogP contribution in [-0.2, 0) is 30.3 Å². The van der Waals surface area contributed by atoms with Gasteiger partial charge in [0.2, 0.25) is 5.91 Å². The maximum absolute atomic E-state index is 13.4. The van der Waals surface area contributed by atoms with Gasteiger partial charge in [-0.25, -0.2) is 9.59 Å². The third-order valence-electron chi connectivity index (χ3n) is 5.78. The third kappa shape index (κ3) is 11.3. The molecule has 3 amide bonds. The first-order valence-corrected chi connectivity index (χ1v) is 13.8. The van der Waals surface area contributed by atoms with Gasteiger partial charge in [-0.2, -0.15) is 0 Å². The number of nitrogens with one attached hydrogen (secondary N) is 2. The number of hydrogen-bond acceptors (Lipinski definition) is 10. The lowest BCUT2D eigenvalue weighted by molar-refractivity contribution is -0.384. The Morgan fingerprint density at radius 1 is 1.14 bits per heavy atom. The minimum atomic E-state index is -1.21. The summed E-state index contributed by atoms with van der Waals surface area (Å²) in [5.41, 5.74) is 6.74. The SMILES string of the molecule is CC(C)(C)OC(=O)N[C@@H](CCC(=O)N1CCc2c(OCC(=O)NCCCN=[N+]=[N-])ccc([N+](=O)[O-])c21)C(=O)OC(C)(C)C. The Morgan fingerprint density at radius 2 is 1.81 bits per heavy atom. The lowest BCUT2D eigenvalue weighted by Gasteiger charge is -2.26. The zero-order chi connectivity index (χ0) is 32.4. The van der Waals surface area contributed by atoms with E-state index in [1.165, 1.54) is 17.0 Å². The number of esters is 1. The van der Waals surface area contributed by atoms with Crippen LogP contribution in [0.4, 0.5) is 16.2 Å². The molecule has 16 nitrogen and oxygen atoms in total. The summed E-state index contributed by atoms with van der Waals surface area (Å²) in [5, 5.41) is 20.3. The summed E-state index contributed by atoms with van der Waals surface area (Å²) in [5.74, 6) is -1.50. The first kappa shape index (κ1) is 34.6. The topological polar surface area (TPSA) is 215 Å². The average molecular weight is 606 g/mol. The molecule has 0 spiro atoms. The molecule has 0 fully saturated rings.